The smallest absolute Gasteiger partial charge is 0.0795 e. The summed E-state index contributed by atoms with van der Waals surface area (Å²) < 4.78 is 0. The first-order valence-electron chi connectivity index (χ1n) is 3.74. The van der Waals surface area contributed by atoms with Crippen molar-refractivity contribution in [2.45, 2.75) is 25.9 Å². The molecule has 12 heavy (non-hydrogen) atoms. The largest absolute Gasteiger partial charge is 0.296 e. The van der Waals surface area contributed by atoms with Crippen molar-refractivity contribution in [3.8, 4) is 12.3 Å². The number of nitrogens with one attached hydrogen (secondary N) is 1. The molecule has 0 amide bonds. The van der Waals surface area contributed by atoms with Crippen LogP contribution in [0.2, 0.25) is 0 Å². The molecule has 1 aromatic heterocycles. The van der Waals surface area contributed by atoms with E-state index in [9.17, 15) is 0 Å². The van der Waals surface area contributed by atoms with Gasteiger partial charge in [0.05, 0.1) is 16.7 Å². The van der Waals surface area contributed by atoms with E-state index in [4.69, 9.17) is 6.42 Å². The van der Waals surface area contributed by atoms with Crippen molar-refractivity contribution in [2.24, 2.45) is 0 Å². The van der Waals surface area contributed by atoms with Gasteiger partial charge in [0.25, 0.3) is 0 Å². The van der Waals surface area contributed by atoms with Gasteiger partial charge in [-0.2, -0.15) is 0 Å². The average molecular weight is 180 g/mol. The van der Waals surface area contributed by atoms with Crippen molar-refractivity contribution in [1.82, 2.24) is 10.3 Å². The molecule has 2 nitrogen and oxygen atoms in total. The summed E-state index contributed by atoms with van der Waals surface area (Å²) in [7, 11) is 0. The van der Waals surface area contributed by atoms with Gasteiger partial charge in [0.1, 0.15) is 0 Å². The molecular weight excluding hydrogens is 168 g/mol. The highest BCUT2D eigenvalue weighted by Gasteiger charge is 2.12. The van der Waals surface area contributed by atoms with Gasteiger partial charge in [0.15, 0.2) is 0 Å². The first-order chi connectivity index (χ1) is 5.64. The lowest BCUT2D eigenvalue weighted by molar-refractivity contribution is 0.487. The second-order valence-corrected chi connectivity index (χ2v) is 3.82. The summed E-state index contributed by atoms with van der Waals surface area (Å²) in [6.45, 7) is 4.68. The number of terminal acetylenes is 1. The summed E-state index contributed by atoms with van der Waals surface area (Å²) in [4.78, 5) is 4.14. The van der Waals surface area contributed by atoms with Crippen LogP contribution in [0.5, 0.6) is 0 Å². The molecule has 0 aromatic carbocycles. The van der Waals surface area contributed by atoms with Gasteiger partial charge in [-0.1, -0.05) is 5.92 Å². The first-order valence-corrected chi connectivity index (χ1v) is 4.68. The van der Waals surface area contributed by atoms with Crippen LogP contribution in [0.25, 0.3) is 0 Å². The van der Waals surface area contributed by atoms with E-state index >= 15 is 0 Å². The highest BCUT2D eigenvalue weighted by molar-refractivity contribution is 7.07. The summed E-state index contributed by atoms with van der Waals surface area (Å²) in [5, 5.41) is 5.23. The Morgan fingerprint density at radius 3 is 3.00 bits per heavy atom. The second kappa shape index (κ2) is 3.70. The minimum atomic E-state index is -0.246. The van der Waals surface area contributed by atoms with E-state index < -0.39 is 0 Å². The molecule has 0 spiro atoms. The number of hydrogen-bond donors (Lipinski definition) is 1. The van der Waals surface area contributed by atoms with Crippen LogP contribution in [0.15, 0.2) is 10.9 Å². The van der Waals surface area contributed by atoms with Gasteiger partial charge in [0, 0.05) is 11.9 Å². The number of hydrogen-bond acceptors (Lipinski definition) is 3. The van der Waals surface area contributed by atoms with E-state index in [1.54, 1.807) is 11.3 Å². The third-order valence-corrected chi connectivity index (χ3v) is 2.19. The molecule has 0 atom stereocenters. The molecule has 0 saturated carbocycles. The minimum Gasteiger partial charge on any atom is -0.296 e. The van der Waals surface area contributed by atoms with Crippen LogP contribution in [0.4, 0.5) is 0 Å². The van der Waals surface area contributed by atoms with Crippen LogP contribution in [0, 0.1) is 12.3 Å². The molecule has 1 aromatic rings. The van der Waals surface area contributed by atoms with Crippen LogP contribution in [-0.2, 0) is 6.54 Å². The summed E-state index contributed by atoms with van der Waals surface area (Å²) in [5.74, 6) is 2.67. The second-order valence-electron chi connectivity index (χ2n) is 3.10. The Balaban J connectivity index is 2.42. The maximum atomic E-state index is 5.32. The Bertz CT molecular complexity index is 269. The molecule has 1 N–H and O–H groups in total. The quantitative estimate of drug-likeness (QED) is 0.715. The molecule has 0 fully saturated rings. The van der Waals surface area contributed by atoms with Crippen molar-refractivity contribution in [3.05, 3.63) is 16.6 Å². The fourth-order valence-electron chi connectivity index (χ4n) is 0.687. The van der Waals surface area contributed by atoms with Crippen molar-refractivity contribution in [2.75, 3.05) is 0 Å². The Kier molecular flexibility index (Phi) is 2.85. The van der Waals surface area contributed by atoms with Gasteiger partial charge < -0.3 is 0 Å². The van der Waals surface area contributed by atoms with Gasteiger partial charge in [-0.3, -0.25) is 5.32 Å². The SMILES string of the molecule is C#CC(C)(C)NCc1cscn1. The monoisotopic (exact) mass is 180 g/mol. The van der Waals surface area contributed by atoms with Crippen LogP contribution in [-0.4, -0.2) is 10.5 Å². The molecule has 0 aliphatic rings. The molecule has 3 heteroatoms. The van der Waals surface area contributed by atoms with Crippen LogP contribution >= 0.6 is 11.3 Å². The van der Waals surface area contributed by atoms with Crippen LogP contribution in [0.3, 0.4) is 0 Å². The molecule has 0 aliphatic carbocycles. The van der Waals surface area contributed by atoms with Crippen LogP contribution in [0.1, 0.15) is 19.5 Å². The van der Waals surface area contributed by atoms with E-state index in [-0.39, 0.29) is 5.54 Å². The van der Waals surface area contributed by atoms with Gasteiger partial charge in [-0.05, 0) is 13.8 Å². The molecule has 0 radical (unpaired) electrons. The normalized spacial score (nSPS) is 11.1. The molecule has 0 aliphatic heterocycles. The summed E-state index contributed by atoms with van der Waals surface area (Å²) in [6.07, 6.45) is 5.32. The molecule has 0 bridgehead atoms. The molecule has 1 heterocycles. The third kappa shape index (κ3) is 2.65. The summed E-state index contributed by atoms with van der Waals surface area (Å²) in [5.41, 5.74) is 2.62. The fourth-order valence-corrected chi connectivity index (χ4v) is 1.25. The van der Waals surface area contributed by atoms with Gasteiger partial charge in [-0.15, -0.1) is 17.8 Å². The number of aromatic nitrogens is 1. The molecule has 0 saturated heterocycles. The van der Waals surface area contributed by atoms with Crippen molar-refractivity contribution < 1.29 is 0 Å². The summed E-state index contributed by atoms with van der Waals surface area (Å²) in [6, 6.07) is 0. The molecule has 64 valence electrons. The highest BCUT2D eigenvalue weighted by Crippen LogP contribution is 2.04. The Labute approximate surface area is 77.0 Å². The van der Waals surface area contributed by atoms with Crippen molar-refractivity contribution in [3.63, 3.8) is 0 Å². The molecular formula is C9H12N2S. The lowest BCUT2D eigenvalue weighted by Crippen LogP contribution is -2.36. The first kappa shape index (κ1) is 9.24. The maximum Gasteiger partial charge on any atom is 0.0795 e. The maximum absolute atomic E-state index is 5.32. The minimum absolute atomic E-state index is 0.246. The molecule has 0 unspecified atom stereocenters. The van der Waals surface area contributed by atoms with Gasteiger partial charge >= 0.3 is 0 Å². The number of rotatable bonds is 3. The predicted octanol–water partition coefficient (Wildman–Crippen LogP) is 1.64. The lowest BCUT2D eigenvalue weighted by atomic mass is 10.1. The van der Waals surface area contributed by atoms with E-state index in [0.29, 0.717) is 0 Å². The molecule has 1 rings (SSSR count). The average Bonchev–Trinajstić information content (AvgIpc) is 2.53. The topological polar surface area (TPSA) is 24.9 Å². The van der Waals surface area contributed by atoms with E-state index in [1.807, 2.05) is 24.7 Å². The standard InChI is InChI=1S/C9H12N2S/c1-4-9(2,3)11-5-8-6-12-7-10-8/h1,6-7,11H,5H2,2-3H3. The van der Waals surface area contributed by atoms with Crippen molar-refractivity contribution >= 4 is 11.3 Å². The van der Waals surface area contributed by atoms with Crippen molar-refractivity contribution in [1.29, 1.82) is 0 Å². The fraction of sp³-hybridized carbons (Fsp3) is 0.444. The van der Waals surface area contributed by atoms with Crippen LogP contribution < -0.4 is 5.32 Å². The summed E-state index contributed by atoms with van der Waals surface area (Å²) >= 11 is 1.59. The number of nitrogens with zero attached hydrogens (tertiary/aromatic N) is 1. The van der Waals surface area contributed by atoms with E-state index in [1.165, 1.54) is 0 Å². The van der Waals surface area contributed by atoms with E-state index in [0.717, 1.165) is 12.2 Å². The van der Waals surface area contributed by atoms with Gasteiger partial charge in [-0.25, -0.2) is 4.98 Å². The lowest BCUT2D eigenvalue weighted by Gasteiger charge is -2.18. The highest BCUT2D eigenvalue weighted by atomic mass is 32.1. The predicted molar refractivity (Wildman–Crippen MR) is 51.9 cm³/mol. The number of thiazole rings is 1. The Hall–Kier alpha value is -0.850. The zero-order valence-electron chi connectivity index (χ0n) is 7.29. The zero-order chi connectivity index (χ0) is 9.03. The van der Waals surface area contributed by atoms with Gasteiger partial charge in [0.2, 0.25) is 0 Å². The third-order valence-electron chi connectivity index (χ3n) is 1.56. The zero-order valence-corrected chi connectivity index (χ0v) is 8.11. The Morgan fingerprint density at radius 1 is 1.75 bits per heavy atom. The Morgan fingerprint density at radius 2 is 2.50 bits per heavy atom. The van der Waals surface area contributed by atoms with E-state index in [2.05, 4.69) is 16.2 Å².